The summed E-state index contributed by atoms with van der Waals surface area (Å²) in [5, 5.41) is 11.8. The van der Waals surface area contributed by atoms with Gasteiger partial charge in [0.25, 0.3) is 0 Å². The summed E-state index contributed by atoms with van der Waals surface area (Å²) in [6, 6.07) is 4.36. The van der Waals surface area contributed by atoms with Crippen molar-refractivity contribution in [3.05, 3.63) is 40.7 Å². The maximum absolute atomic E-state index is 14.0. The maximum atomic E-state index is 14.0. The molecule has 2 amide bonds. The summed E-state index contributed by atoms with van der Waals surface area (Å²) < 4.78 is 23.2. The van der Waals surface area contributed by atoms with Crippen molar-refractivity contribution in [2.45, 2.75) is 13.5 Å². The Morgan fingerprint density at radius 2 is 2.12 bits per heavy atom. The number of urea groups is 1. The number of aryl methyl sites for hydroxylation is 1. The first-order chi connectivity index (χ1) is 11.3. The fourth-order valence-electron chi connectivity index (χ4n) is 1.82. The van der Waals surface area contributed by atoms with Crippen molar-refractivity contribution in [3.8, 4) is 5.88 Å². The zero-order valence-electron chi connectivity index (χ0n) is 13.3. The van der Waals surface area contributed by atoms with Crippen LogP contribution in [-0.2, 0) is 6.61 Å². The third kappa shape index (κ3) is 3.80. The lowest BCUT2D eigenvalue weighted by Crippen LogP contribution is -2.27. The molecule has 1 aromatic carbocycles. The van der Waals surface area contributed by atoms with Crippen LogP contribution in [0.2, 0.25) is 0 Å². The van der Waals surface area contributed by atoms with E-state index in [2.05, 4.69) is 9.69 Å². The Bertz CT molecular complexity index is 776. The van der Waals surface area contributed by atoms with Gasteiger partial charge in [-0.1, -0.05) is 18.2 Å². The number of anilines is 1. The van der Waals surface area contributed by atoms with Crippen LogP contribution in [0.15, 0.2) is 18.2 Å². The summed E-state index contributed by atoms with van der Waals surface area (Å²) in [7, 11) is 3.05. The minimum atomic E-state index is -1.29. The monoisotopic (exact) mass is 353 g/mol. The van der Waals surface area contributed by atoms with Crippen molar-refractivity contribution in [3.63, 3.8) is 0 Å². The third-order valence-corrected chi connectivity index (χ3v) is 3.88. The molecular formula is C15H16FN3O4S. The van der Waals surface area contributed by atoms with Crippen molar-refractivity contribution in [2.75, 3.05) is 19.4 Å². The first-order valence-corrected chi connectivity index (χ1v) is 7.66. The number of aromatic carboxylic acids is 1. The van der Waals surface area contributed by atoms with Crippen LogP contribution in [0, 0.1) is 12.7 Å². The molecule has 0 atom stereocenters. The van der Waals surface area contributed by atoms with Gasteiger partial charge in [-0.3, -0.25) is 5.32 Å². The average molecular weight is 353 g/mol. The third-order valence-electron chi connectivity index (χ3n) is 3.14. The lowest BCUT2D eigenvalue weighted by Gasteiger charge is -2.11. The van der Waals surface area contributed by atoms with Crippen LogP contribution in [-0.4, -0.2) is 40.5 Å². The van der Waals surface area contributed by atoms with Crippen molar-refractivity contribution < 1.29 is 23.8 Å². The summed E-state index contributed by atoms with van der Waals surface area (Å²) >= 11 is 0.785. The minimum Gasteiger partial charge on any atom is -0.477 e. The number of carbonyl (C=O) groups excluding carboxylic acids is 1. The summed E-state index contributed by atoms with van der Waals surface area (Å²) in [6.45, 7) is 1.46. The molecule has 0 saturated heterocycles. The van der Waals surface area contributed by atoms with Gasteiger partial charge in [0.1, 0.15) is 17.4 Å². The van der Waals surface area contributed by atoms with Gasteiger partial charge in [-0.05, 0) is 24.0 Å². The van der Waals surface area contributed by atoms with Crippen LogP contribution in [0.5, 0.6) is 5.88 Å². The number of hydrogen-bond donors (Lipinski definition) is 2. The molecule has 1 aromatic heterocycles. The molecule has 0 spiro atoms. The molecule has 0 radical (unpaired) electrons. The molecular weight excluding hydrogens is 337 g/mol. The fraction of sp³-hybridized carbons (Fsp3) is 0.267. The van der Waals surface area contributed by atoms with E-state index >= 15 is 0 Å². The quantitative estimate of drug-likeness (QED) is 0.862. The van der Waals surface area contributed by atoms with Gasteiger partial charge in [0.05, 0.1) is 0 Å². The number of benzene rings is 1. The molecule has 9 heteroatoms. The van der Waals surface area contributed by atoms with Gasteiger partial charge >= 0.3 is 12.0 Å². The van der Waals surface area contributed by atoms with Gasteiger partial charge in [0.15, 0.2) is 5.56 Å². The first-order valence-electron chi connectivity index (χ1n) is 6.89. The molecule has 7 nitrogen and oxygen atoms in total. The molecule has 0 saturated carbocycles. The van der Waals surface area contributed by atoms with E-state index in [0.29, 0.717) is 11.1 Å². The van der Waals surface area contributed by atoms with Crippen molar-refractivity contribution in [1.82, 2.24) is 9.27 Å². The minimum absolute atomic E-state index is 0.0564. The highest BCUT2D eigenvalue weighted by Crippen LogP contribution is 2.31. The highest BCUT2D eigenvalue weighted by atomic mass is 32.1. The Morgan fingerprint density at radius 3 is 2.75 bits per heavy atom. The number of halogens is 1. The Kier molecular flexibility index (Phi) is 5.35. The van der Waals surface area contributed by atoms with Crippen molar-refractivity contribution >= 4 is 28.5 Å². The molecule has 0 bridgehead atoms. The number of rotatable bonds is 5. The normalized spacial score (nSPS) is 10.3. The van der Waals surface area contributed by atoms with Gasteiger partial charge in [0, 0.05) is 19.7 Å². The summed E-state index contributed by atoms with van der Waals surface area (Å²) in [5.74, 6) is -1.87. The van der Waals surface area contributed by atoms with E-state index in [0.717, 1.165) is 11.5 Å². The molecule has 1 heterocycles. The second-order valence-electron chi connectivity index (χ2n) is 5.16. The number of hydrogen-bond acceptors (Lipinski definition) is 5. The molecule has 0 aliphatic rings. The lowest BCUT2D eigenvalue weighted by molar-refractivity contribution is 0.0693. The number of amides is 2. The number of ether oxygens (including phenoxy) is 1. The van der Waals surface area contributed by atoms with E-state index in [4.69, 9.17) is 4.74 Å². The van der Waals surface area contributed by atoms with Gasteiger partial charge in [-0.2, -0.15) is 4.37 Å². The number of carboxylic acids is 1. The maximum Gasteiger partial charge on any atom is 0.344 e. The van der Waals surface area contributed by atoms with Crippen molar-refractivity contribution in [2.24, 2.45) is 0 Å². The van der Waals surface area contributed by atoms with Crippen LogP contribution >= 0.6 is 11.5 Å². The van der Waals surface area contributed by atoms with Crippen molar-refractivity contribution in [1.29, 1.82) is 0 Å². The first kappa shape index (κ1) is 17.7. The zero-order valence-corrected chi connectivity index (χ0v) is 14.1. The zero-order chi connectivity index (χ0) is 17.9. The Morgan fingerprint density at radius 1 is 1.42 bits per heavy atom. The molecule has 2 rings (SSSR count). The SMILES string of the molecule is Cc1cccc(COc2nsc(NC(=O)N(C)C)c2C(=O)O)c1F. The predicted molar refractivity (Wildman–Crippen MR) is 87.2 cm³/mol. The van der Waals surface area contributed by atoms with Crippen LogP contribution in [0.25, 0.3) is 0 Å². The van der Waals surface area contributed by atoms with Gasteiger partial charge in [0.2, 0.25) is 5.88 Å². The second kappa shape index (κ2) is 7.26. The second-order valence-corrected chi connectivity index (χ2v) is 5.93. The van der Waals surface area contributed by atoms with Crippen LogP contribution in [0.1, 0.15) is 21.5 Å². The molecule has 0 aliphatic heterocycles. The number of aromatic nitrogens is 1. The molecule has 24 heavy (non-hydrogen) atoms. The summed E-state index contributed by atoms with van der Waals surface area (Å²) in [5.41, 5.74) is 0.494. The van der Waals surface area contributed by atoms with E-state index in [9.17, 15) is 19.1 Å². The highest BCUT2D eigenvalue weighted by Gasteiger charge is 2.24. The molecule has 0 aliphatic carbocycles. The predicted octanol–water partition coefficient (Wildman–Crippen LogP) is 2.96. The van der Waals surface area contributed by atoms with E-state index in [1.54, 1.807) is 25.1 Å². The summed E-state index contributed by atoms with van der Waals surface area (Å²) in [6.07, 6.45) is 0. The van der Waals surface area contributed by atoms with E-state index in [1.165, 1.54) is 19.0 Å². The smallest absolute Gasteiger partial charge is 0.344 e. The van der Waals surface area contributed by atoms with Gasteiger partial charge in [-0.15, -0.1) is 0 Å². The number of carboxylic acid groups (broad SMARTS) is 1. The molecule has 128 valence electrons. The number of carbonyl (C=O) groups is 2. The molecule has 2 aromatic rings. The van der Waals surface area contributed by atoms with Crippen LogP contribution in [0.4, 0.5) is 14.2 Å². The lowest BCUT2D eigenvalue weighted by atomic mass is 10.1. The fourth-order valence-corrected chi connectivity index (χ4v) is 2.54. The van der Waals surface area contributed by atoms with Gasteiger partial charge < -0.3 is 14.7 Å². The molecule has 0 unspecified atom stereocenters. The Labute approximate surface area is 141 Å². The standard InChI is InChI=1S/C15H16FN3O4S/c1-8-5-4-6-9(11(8)16)7-23-12-10(14(20)21)13(24-18-12)17-15(22)19(2)3/h4-6H,7H2,1-3H3,(H,17,22)(H,20,21). The molecule has 2 N–H and O–H groups in total. The largest absolute Gasteiger partial charge is 0.477 e. The van der Waals surface area contributed by atoms with E-state index < -0.39 is 17.8 Å². The highest BCUT2D eigenvalue weighted by molar-refractivity contribution is 7.11. The van der Waals surface area contributed by atoms with Crippen LogP contribution < -0.4 is 10.1 Å². The van der Waals surface area contributed by atoms with Crippen LogP contribution in [0.3, 0.4) is 0 Å². The van der Waals surface area contributed by atoms with E-state index in [1.807, 2.05) is 0 Å². The Balaban J connectivity index is 2.21. The molecule has 0 fully saturated rings. The number of nitrogens with one attached hydrogen (secondary N) is 1. The number of nitrogens with zero attached hydrogens (tertiary/aromatic N) is 2. The Hall–Kier alpha value is -2.68. The summed E-state index contributed by atoms with van der Waals surface area (Å²) in [4.78, 5) is 24.4. The topological polar surface area (TPSA) is 91.8 Å². The van der Waals surface area contributed by atoms with E-state index in [-0.39, 0.29) is 23.1 Å². The van der Waals surface area contributed by atoms with Gasteiger partial charge in [-0.25, -0.2) is 14.0 Å². The average Bonchev–Trinajstić information content (AvgIpc) is 2.91.